The summed E-state index contributed by atoms with van der Waals surface area (Å²) < 4.78 is 0. The minimum atomic E-state index is -0.486. The molecule has 1 heterocycles. The van der Waals surface area contributed by atoms with Gasteiger partial charge in [0, 0.05) is 18.0 Å². The van der Waals surface area contributed by atoms with E-state index in [0.717, 1.165) is 17.5 Å². The number of hydrogen-bond acceptors (Lipinski definition) is 2. The van der Waals surface area contributed by atoms with Crippen LogP contribution in [0.3, 0.4) is 0 Å². The summed E-state index contributed by atoms with van der Waals surface area (Å²) in [6, 6.07) is 1.86. The van der Waals surface area contributed by atoms with Gasteiger partial charge in [0.2, 0.25) is 6.20 Å². The number of rotatable bonds is 2. The van der Waals surface area contributed by atoms with Gasteiger partial charge in [-0.25, -0.2) is 0 Å². The van der Waals surface area contributed by atoms with E-state index in [-0.39, 0.29) is 0 Å². The molecule has 1 aromatic heterocycles. The largest absolute Gasteiger partial charge is 0.361 e. The molecule has 4 nitrogen and oxygen atoms in total. The molecule has 0 amide bonds. The van der Waals surface area contributed by atoms with Gasteiger partial charge in [0.15, 0.2) is 0 Å². The van der Waals surface area contributed by atoms with Gasteiger partial charge in [0.25, 0.3) is 0 Å². The van der Waals surface area contributed by atoms with Gasteiger partial charge >= 0.3 is 0 Å². The fourth-order valence-corrected chi connectivity index (χ4v) is 0.775. The minimum absolute atomic E-state index is 0.486. The van der Waals surface area contributed by atoms with Crippen molar-refractivity contribution in [1.29, 1.82) is 0 Å². The zero-order valence-corrected chi connectivity index (χ0v) is 6.07. The molecule has 0 fully saturated rings. The van der Waals surface area contributed by atoms with Gasteiger partial charge in [0.05, 0.1) is 4.92 Å². The third-order valence-electron chi connectivity index (χ3n) is 1.36. The van der Waals surface area contributed by atoms with Gasteiger partial charge in [-0.15, -0.1) is 0 Å². The number of aromatic amines is 1. The van der Waals surface area contributed by atoms with Gasteiger partial charge < -0.3 is 4.98 Å². The SMILES string of the molecule is Cc1cc[nH]c1/C=C/[N+](=O)[O-]. The zero-order valence-electron chi connectivity index (χ0n) is 6.07. The molecule has 0 spiro atoms. The van der Waals surface area contributed by atoms with Crippen LogP contribution in [0.15, 0.2) is 18.5 Å². The molecule has 0 aliphatic carbocycles. The van der Waals surface area contributed by atoms with E-state index in [2.05, 4.69) is 4.98 Å². The quantitative estimate of drug-likeness (QED) is 0.516. The summed E-state index contributed by atoms with van der Waals surface area (Å²) in [7, 11) is 0. The van der Waals surface area contributed by atoms with Gasteiger partial charge in [-0.05, 0) is 18.6 Å². The number of H-pyrrole nitrogens is 1. The Balaban J connectivity index is 2.79. The van der Waals surface area contributed by atoms with Crippen LogP contribution in [0.25, 0.3) is 6.08 Å². The van der Waals surface area contributed by atoms with E-state index in [0.29, 0.717) is 0 Å². The Labute approximate surface area is 63.7 Å². The molecule has 0 aromatic carbocycles. The van der Waals surface area contributed by atoms with Crippen molar-refractivity contribution in [3.8, 4) is 0 Å². The van der Waals surface area contributed by atoms with Crippen molar-refractivity contribution in [3.63, 3.8) is 0 Å². The molecule has 0 radical (unpaired) electrons. The first-order valence-electron chi connectivity index (χ1n) is 3.16. The first-order chi connectivity index (χ1) is 5.20. The van der Waals surface area contributed by atoms with Gasteiger partial charge in [0.1, 0.15) is 0 Å². The minimum Gasteiger partial charge on any atom is -0.361 e. The maximum atomic E-state index is 9.91. The van der Waals surface area contributed by atoms with E-state index in [4.69, 9.17) is 0 Å². The van der Waals surface area contributed by atoms with E-state index in [9.17, 15) is 10.1 Å². The Morgan fingerprint density at radius 2 is 2.45 bits per heavy atom. The van der Waals surface area contributed by atoms with Gasteiger partial charge in [-0.2, -0.15) is 0 Å². The average molecular weight is 152 g/mol. The topological polar surface area (TPSA) is 58.9 Å². The van der Waals surface area contributed by atoms with E-state index in [1.807, 2.05) is 13.0 Å². The molecule has 0 aliphatic rings. The molecule has 1 N–H and O–H groups in total. The molecular formula is C7H8N2O2. The van der Waals surface area contributed by atoms with Crippen LogP contribution in [0.1, 0.15) is 11.3 Å². The first-order valence-corrected chi connectivity index (χ1v) is 3.16. The lowest BCUT2D eigenvalue weighted by molar-refractivity contribution is -0.401. The molecule has 0 atom stereocenters. The van der Waals surface area contributed by atoms with Crippen LogP contribution in [0.2, 0.25) is 0 Å². The summed E-state index contributed by atoms with van der Waals surface area (Å²) in [6.07, 6.45) is 4.10. The van der Waals surface area contributed by atoms with Crippen LogP contribution in [0, 0.1) is 17.0 Å². The average Bonchev–Trinajstić information content (AvgIpc) is 2.31. The van der Waals surface area contributed by atoms with Crippen LogP contribution < -0.4 is 0 Å². The predicted octanol–water partition coefficient (Wildman–Crippen LogP) is 1.57. The maximum Gasteiger partial charge on any atom is 0.236 e. The lowest BCUT2D eigenvalue weighted by Gasteiger charge is -1.85. The predicted molar refractivity (Wildman–Crippen MR) is 41.6 cm³/mol. The molecule has 0 aliphatic heterocycles. The zero-order chi connectivity index (χ0) is 8.27. The smallest absolute Gasteiger partial charge is 0.236 e. The van der Waals surface area contributed by atoms with Crippen molar-refractivity contribution in [2.45, 2.75) is 6.92 Å². The van der Waals surface area contributed by atoms with Crippen LogP contribution in [0.5, 0.6) is 0 Å². The Bertz CT molecular complexity index is 288. The highest BCUT2D eigenvalue weighted by molar-refractivity contribution is 5.47. The van der Waals surface area contributed by atoms with Crippen LogP contribution >= 0.6 is 0 Å². The molecule has 0 bridgehead atoms. The van der Waals surface area contributed by atoms with E-state index in [1.54, 1.807) is 6.20 Å². The number of nitrogens with one attached hydrogen (secondary N) is 1. The second kappa shape index (κ2) is 3.01. The summed E-state index contributed by atoms with van der Waals surface area (Å²) in [5.41, 5.74) is 1.78. The summed E-state index contributed by atoms with van der Waals surface area (Å²) in [5.74, 6) is 0. The number of nitrogens with zero attached hydrogens (tertiary/aromatic N) is 1. The Morgan fingerprint density at radius 3 is 2.91 bits per heavy atom. The maximum absolute atomic E-state index is 9.91. The van der Waals surface area contributed by atoms with Crippen molar-refractivity contribution in [2.24, 2.45) is 0 Å². The van der Waals surface area contributed by atoms with Gasteiger partial charge in [-0.1, -0.05) is 0 Å². The van der Waals surface area contributed by atoms with E-state index >= 15 is 0 Å². The van der Waals surface area contributed by atoms with Crippen LogP contribution in [-0.4, -0.2) is 9.91 Å². The van der Waals surface area contributed by atoms with Crippen molar-refractivity contribution in [3.05, 3.63) is 39.8 Å². The number of aryl methyl sites for hydroxylation is 1. The number of nitro groups is 1. The molecule has 1 aromatic rings. The Hall–Kier alpha value is -1.58. The van der Waals surface area contributed by atoms with Crippen molar-refractivity contribution < 1.29 is 4.92 Å². The highest BCUT2D eigenvalue weighted by Gasteiger charge is 1.94. The first kappa shape index (κ1) is 7.53. The fourth-order valence-electron chi connectivity index (χ4n) is 0.775. The van der Waals surface area contributed by atoms with E-state index < -0.39 is 4.92 Å². The van der Waals surface area contributed by atoms with Crippen molar-refractivity contribution >= 4 is 6.08 Å². The van der Waals surface area contributed by atoms with Crippen LogP contribution in [-0.2, 0) is 0 Å². The number of hydrogen-bond donors (Lipinski definition) is 1. The fraction of sp³-hybridized carbons (Fsp3) is 0.143. The Morgan fingerprint density at radius 1 is 1.73 bits per heavy atom. The highest BCUT2D eigenvalue weighted by Crippen LogP contribution is 2.05. The lowest BCUT2D eigenvalue weighted by Crippen LogP contribution is -1.83. The van der Waals surface area contributed by atoms with Crippen LogP contribution in [0.4, 0.5) is 0 Å². The third-order valence-corrected chi connectivity index (χ3v) is 1.36. The lowest BCUT2D eigenvalue weighted by atomic mass is 10.3. The highest BCUT2D eigenvalue weighted by atomic mass is 16.6. The molecule has 1 rings (SSSR count). The summed E-state index contributed by atoms with van der Waals surface area (Å²) in [6.45, 7) is 1.89. The third kappa shape index (κ3) is 1.93. The second-order valence-corrected chi connectivity index (χ2v) is 2.18. The molecule has 4 heteroatoms. The second-order valence-electron chi connectivity index (χ2n) is 2.18. The van der Waals surface area contributed by atoms with Gasteiger partial charge in [-0.3, -0.25) is 10.1 Å². The van der Waals surface area contributed by atoms with Crippen molar-refractivity contribution in [1.82, 2.24) is 4.98 Å². The number of aromatic nitrogens is 1. The standard InChI is InChI=1S/C7H8N2O2/c1-6-2-4-8-7(6)3-5-9(10)11/h2-5,8H,1H3/b5-3+. The monoisotopic (exact) mass is 152 g/mol. The molecule has 11 heavy (non-hydrogen) atoms. The summed E-state index contributed by atoms with van der Waals surface area (Å²) >= 11 is 0. The van der Waals surface area contributed by atoms with Crippen molar-refractivity contribution in [2.75, 3.05) is 0 Å². The molecule has 58 valence electrons. The molecule has 0 saturated carbocycles. The van der Waals surface area contributed by atoms with E-state index in [1.165, 1.54) is 6.08 Å². The summed E-state index contributed by atoms with van der Waals surface area (Å²) in [5, 5.41) is 9.91. The normalized spacial score (nSPS) is 10.6. The molecule has 0 unspecified atom stereocenters. The molecular weight excluding hydrogens is 144 g/mol. The Kier molecular flexibility index (Phi) is 2.06. The molecule has 0 saturated heterocycles. The summed E-state index contributed by atoms with van der Waals surface area (Å²) in [4.78, 5) is 12.3.